The van der Waals surface area contributed by atoms with Gasteiger partial charge in [-0.15, -0.1) is 0 Å². The molecule has 1 N–H and O–H groups in total. The molecule has 0 bridgehead atoms. The molecule has 1 atom stereocenters. The number of pyridine rings is 1. The largest absolute Gasteiger partial charge is 0.491 e. The van der Waals surface area contributed by atoms with Crippen LogP contribution >= 0.6 is 11.6 Å². The van der Waals surface area contributed by atoms with Crippen molar-refractivity contribution >= 4 is 11.6 Å². The minimum Gasteiger partial charge on any atom is -0.491 e. The Labute approximate surface area is 124 Å². The van der Waals surface area contributed by atoms with Crippen LogP contribution in [0.2, 0.25) is 5.02 Å². The molecule has 110 valence electrons. The van der Waals surface area contributed by atoms with Gasteiger partial charge in [-0.2, -0.15) is 0 Å². The zero-order valence-corrected chi connectivity index (χ0v) is 11.7. The van der Waals surface area contributed by atoms with E-state index in [2.05, 4.69) is 4.98 Å². The number of halogens is 3. The highest BCUT2D eigenvalue weighted by Gasteiger charge is 2.26. The molecule has 0 fully saturated rings. The minimum absolute atomic E-state index is 0.0984. The van der Waals surface area contributed by atoms with E-state index in [1.54, 1.807) is 18.2 Å². The maximum atomic E-state index is 13.1. The first-order valence-corrected chi connectivity index (χ1v) is 6.85. The van der Waals surface area contributed by atoms with Gasteiger partial charge in [0.2, 0.25) is 12.0 Å². The van der Waals surface area contributed by atoms with Crippen molar-refractivity contribution in [2.24, 2.45) is 5.92 Å². The third-order valence-corrected chi connectivity index (χ3v) is 3.77. The van der Waals surface area contributed by atoms with E-state index in [1.165, 1.54) is 12.3 Å². The Morgan fingerprint density at radius 3 is 2.86 bits per heavy atom. The van der Waals surface area contributed by atoms with Crippen LogP contribution in [0, 0.1) is 5.92 Å². The number of ether oxygens (including phenoxy) is 1. The van der Waals surface area contributed by atoms with E-state index in [0.29, 0.717) is 21.9 Å². The molecule has 1 aliphatic heterocycles. The summed E-state index contributed by atoms with van der Waals surface area (Å²) < 4.78 is 31.6. The van der Waals surface area contributed by atoms with Crippen LogP contribution in [0.4, 0.5) is 8.78 Å². The van der Waals surface area contributed by atoms with E-state index < -0.39 is 12.3 Å². The molecule has 2 heterocycles. The monoisotopic (exact) mass is 311 g/mol. The summed E-state index contributed by atoms with van der Waals surface area (Å²) in [5, 5.41) is 0.481. The van der Waals surface area contributed by atoms with E-state index in [-0.39, 0.29) is 18.6 Å². The summed E-state index contributed by atoms with van der Waals surface area (Å²) in [5.74, 6) is -0.520. The van der Waals surface area contributed by atoms with Crippen molar-refractivity contribution in [2.45, 2.75) is 12.8 Å². The number of hydrogen-bond donors (Lipinski definition) is 1. The zero-order chi connectivity index (χ0) is 15.0. The number of aromatic amines is 1. The van der Waals surface area contributed by atoms with Crippen molar-refractivity contribution in [3.63, 3.8) is 0 Å². The molecule has 0 saturated heterocycles. The van der Waals surface area contributed by atoms with Gasteiger partial charge in [0.1, 0.15) is 5.75 Å². The average Bonchev–Trinajstić information content (AvgIpc) is 2.43. The number of rotatable bonds is 1. The van der Waals surface area contributed by atoms with Crippen molar-refractivity contribution in [2.75, 3.05) is 6.61 Å². The topological polar surface area (TPSA) is 42.1 Å². The van der Waals surface area contributed by atoms with Gasteiger partial charge in [-0.25, -0.2) is 8.78 Å². The van der Waals surface area contributed by atoms with Crippen LogP contribution in [0.15, 0.2) is 35.3 Å². The number of H-pyrrole nitrogens is 1. The van der Waals surface area contributed by atoms with Gasteiger partial charge in [-0.3, -0.25) is 4.79 Å². The molecule has 0 spiro atoms. The summed E-state index contributed by atoms with van der Waals surface area (Å²) in [6.07, 6.45) is -0.898. The van der Waals surface area contributed by atoms with Gasteiger partial charge in [0.05, 0.1) is 12.5 Å². The molecule has 0 amide bonds. The Morgan fingerprint density at radius 1 is 1.29 bits per heavy atom. The molecular formula is C15H12ClF2NO2. The maximum Gasteiger partial charge on any atom is 0.248 e. The van der Waals surface area contributed by atoms with Gasteiger partial charge in [-0.05, 0) is 29.7 Å². The SMILES string of the molecule is O=c1cc2c(c[nH]1)OCC(C(F)F)Cc1ccc(Cl)cc1-2. The van der Waals surface area contributed by atoms with Crippen molar-refractivity contribution < 1.29 is 13.5 Å². The molecule has 6 heteroatoms. The molecule has 21 heavy (non-hydrogen) atoms. The van der Waals surface area contributed by atoms with Crippen LogP contribution in [0.25, 0.3) is 11.1 Å². The van der Waals surface area contributed by atoms with Crippen LogP contribution in [-0.4, -0.2) is 18.0 Å². The molecule has 2 aromatic rings. The molecule has 1 aromatic carbocycles. The summed E-state index contributed by atoms with van der Waals surface area (Å²) in [7, 11) is 0. The molecule has 1 aromatic heterocycles. The first kappa shape index (κ1) is 14.1. The maximum absolute atomic E-state index is 13.1. The predicted octanol–water partition coefficient (Wildman–Crippen LogP) is 3.51. The Bertz CT molecular complexity index is 730. The van der Waals surface area contributed by atoms with Crippen LogP contribution < -0.4 is 10.3 Å². The van der Waals surface area contributed by atoms with Crippen LogP contribution in [0.5, 0.6) is 5.75 Å². The smallest absolute Gasteiger partial charge is 0.248 e. The molecule has 1 unspecified atom stereocenters. The first-order chi connectivity index (χ1) is 10.0. The predicted molar refractivity (Wildman–Crippen MR) is 76.2 cm³/mol. The van der Waals surface area contributed by atoms with E-state index in [0.717, 1.165) is 5.56 Å². The fourth-order valence-electron chi connectivity index (χ4n) is 2.47. The fraction of sp³-hybridized carbons (Fsp3) is 0.267. The lowest BCUT2D eigenvalue weighted by molar-refractivity contribution is 0.0478. The Morgan fingerprint density at radius 2 is 2.10 bits per heavy atom. The molecule has 0 aliphatic carbocycles. The Kier molecular flexibility index (Phi) is 3.68. The highest BCUT2D eigenvalue weighted by molar-refractivity contribution is 6.30. The fourth-order valence-corrected chi connectivity index (χ4v) is 2.64. The number of nitrogens with one attached hydrogen (secondary N) is 1. The van der Waals surface area contributed by atoms with Crippen molar-refractivity contribution in [3.05, 3.63) is 51.4 Å². The van der Waals surface area contributed by atoms with Gasteiger partial charge in [-0.1, -0.05) is 17.7 Å². The van der Waals surface area contributed by atoms with Gasteiger partial charge in [0.25, 0.3) is 0 Å². The summed E-state index contributed by atoms with van der Waals surface area (Å²) in [4.78, 5) is 14.0. The summed E-state index contributed by atoms with van der Waals surface area (Å²) in [6.45, 7) is -0.0984. The lowest BCUT2D eigenvalue weighted by Gasteiger charge is -2.23. The molecule has 3 rings (SSSR count). The van der Waals surface area contributed by atoms with Crippen LogP contribution in [0.3, 0.4) is 0 Å². The van der Waals surface area contributed by atoms with Gasteiger partial charge in [0, 0.05) is 22.8 Å². The molecule has 1 aliphatic rings. The number of fused-ring (bicyclic) bond motifs is 3. The van der Waals surface area contributed by atoms with E-state index in [9.17, 15) is 13.6 Å². The summed E-state index contributed by atoms with van der Waals surface area (Å²) in [5.41, 5.74) is 1.69. The third kappa shape index (κ3) is 2.78. The Hall–Kier alpha value is -1.88. The highest BCUT2D eigenvalue weighted by Crippen LogP contribution is 2.36. The number of hydrogen-bond acceptors (Lipinski definition) is 2. The van der Waals surface area contributed by atoms with Gasteiger partial charge < -0.3 is 9.72 Å². The van der Waals surface area contributed by atoms with Gasteiger partial charge >= 0.3 is 0 Å². The van der Waals surface area contributed by atoms with Crippen LogP contribution in [-0.2, 0) is 6.42 Å². The minimum atomic E-state index is -2.47. The molecule has 0 radical (unpaired) electrons. The standard InChI is InChI=1S/C15H12ClF2NO2/c16-10-2-1-8-3-9(15(17)18)7-21-13-6-19-14(20)5-12(13)11(8)4-10/h1-2,4-6,9,15H,3,7H2,(H,19,20). The number of alkyl halides is 2. The second kappa shape index (κ2) is 5.48. The molecular weight excluding hydrogens is 300 g/mol. The van der Waals surface area contributed by atoms with E-state index in [1.807, 2.05) is 0 Å². The number of benzene rings is 1. The summed E-state index contributed by atoms with van der Waals surface area (Å²) >= 11 is 6.00. The van der Waals surface area contributed by atoms with Crippen molar-refractivity contribution in [1.29, 1.82) is 0 Å². The average molecular weight is 312 g/mol. The second-order valence-electron chi connectivity index (χ2n) is 4.99. The second-order valence-corrected chi connectivity index (χ2v) is 5.42. The number of aromatic nitrogens is 1. The first-order valence-electron chi connectivity index (χ1n) is 6.47. The molecule has 3 nitrogen and oxygen atoms in total. The summed E-state index contributed by atoms with van der Waals surface area (Å²) in [6, 6.07) is 6.46. The van der Waals surface area contributed by atoms with Crippen molar-refractivity contribution in [1.82, 2.24) is 4.98 Å². The lowest BCUT2D eigenvalue weighted by atomic mass is 9.91. The van der Waals surface area contributed by atoms with Gasteiger partial charge in [0.15, 0.2) is 0 Å². The highest BCUT2D eigenvalue weighted by atomic mass is 35.5. The van der Waals surface area contributed by atoms with E-state index in [4.69, 9.17) is 16.3 Å². The normalized spacial score (nSPS) is 17.4. The Balaban J connectivity index is 2.20. The van der Waals surface area contributed by atoms with Crippen LogP contribution in [0.1, 0.15) is 5.56 Å². The van der Waals surface area contributed by atoms with E-state index >= 15 is 0 Å². The quantitative estimate of drug-likeness (QED) is 0.875. The zero-order valence-electron chi connectivity index (χ0n) is 10.9. The third-order valence-electron chi connectivity index (χ3n) is 3.54. The molecule has 0 saturated carbocycles. The van der Waals surface area contributed by atoms with Crippen molar-refractivity contribution in [3.8, 4) is 16.9 Å². The lowest BCUT2D eigenvalue weighted by Crippen LogP contribution is -2.24.